The lowest BCUT2D eigenvalue weighted by Gasteiger charge is -2.26. The first-order valence-corrected chi connectivity index (χ1v) is 10.8. The van der Waals surface area contributed by atoms with Crippen molar-refractivity contribution in [2.75, 3.05) is 12.4 Å². The molecular formula is C24H26N8. The molecule has 5 rings (SSSR count). The van der Waals surface area contributed by atoms with Crippen LogP contribution in [0.2, 0.25) is 0 Å². The number of nitrogens with zero attached hydrogens (tertiary/aromatic N) is 5. The summed E-state index contributed by atoms with van der Waals surface area (Å²) in [4.78, 5) is 4.32. The molecule has 3 N–H and O–H groups in total. The van der Waals surface area contributed by atoms with Gasteiger partial charge in [0.15, 0.2) is 5.96 Å². The van der Waals surface area contributed by atoms with Crippen molar-refractivity contribution in [3.05, 3.63) is 71.4 Å². The topological polar surface area (TPSA) is 95.8 Å². The Morgan fingerprint density at radius 1 is 1.06 bits per heavy atom. The normalized spacial score (nSPS) is 16.5. The molecule has 1 aliphatic heterocycles. The van der Waals surface area contributed by atoms with Crippen molar-refractivity contribution in [3.63, 3.8) is 0 Å². The fourth-order valence-corrected chi connectivity index (χ4v) is 4.30. The first kappa shape index (κ1) is 20.0. The number of H-pyrrole nitrogens is 1. The summed E-state index contributed by atoms with van der Waals surface area (Å²) < 4.78 is 2.36. The van der Waals surface area contributed by atoms with Crippen molar-refractivity contribution in [2.24, 2.45) is 4.99 Å². The minimum absolute atomic E-state index is 0.223. The lowest BCUT2D eigenvalue weighted by Crippen LogP contribution is -2.38. The Balaban J connectivity index is 1.46. The first-order chi connectivity index (χ1) is 15.7. The SMILES string of the molecule is CCc1cc2c(n1Cc1ccc(-c3ccccc3-c3nn[nH]n3)cc1)NC(=NC)NC2C. The second kappa shape index (κ2) is 8.30. The van der Waals surface area contributed by atoms with Crippen LogP contribution in [0.3, 0.4) is 0 Å². The third kappa shape index (κ3) is 3.53. The molecule has 0 bridgehead atoms. The molecule has 0 saturated heterocycles. The molecule has 32 heavy (non-hydrogen) atoms. The Hall–Kier alpha value is -3.94. The zero-order valence-corrected chi connectivity index (χ0v) is 18.4. The highest BCUT2D eigenvalue weighted by molar-refractivity contribution is 5.96. The second-order valence-electron chi connectivity index (χ2n) is 7.92. The van der Waals surface area contributed by atoms with E-state index in [1.165, 1.54) is 16.8 Å². The van der Waals surface area contributed by atoms with Crippen LogP contribution in [-0.4, -0.2) is 38.2 Å². The van der Waals surface area contributed by atoms with Gasteiger partial charge in [-0.1, -0.05) is 55.5 Å². The summed E-state index contributed by atoms with van der Waals surface area (Å²) in [7, 11) is 1.80. The van der Waals surface area contributed by atoms with Crippen molar-refractivity contribution in [1.82, 2.24) is 30.5 Å². The Labute approximate surface area is 186 Å². The van der Waals surface area contributed by atoms with E-state index in [2.05, 4.69) is 91.1 Å². The van der Waals surface area contributed by atoms with Gasteiger partial charge in [-0.15, -0.1) is 10.2 Å². The van der Waals surface area contributed by atoms with Crippen LogP contribution in [0, 0.1) is 0 Å². The van der Waals surface area contributed by atoms with Crippen molar-refractivity contribution >= 4 is 11.8 Å². The lowest BCUT2D eigenvalue weighted by atomic mass is 9.98. The molecule has 4 aromatic rings. The van der Waals surface area contributed by atoms with Crippen LogP contribution in [0.1, 0.15) is 36.7 Å². The highest BCUT2D eigenvalue weighted by Gasteiger charge is 2.25. The van der Waals surface area contributed by atoms with E-state index in [0.717, 1.165) is 41.4 Å². The van der Waals surface area contributed by atoms with Gasteiger partial charge in [-0.2, -0.15) is 5.21 Å². The molecule has 2 aromatic heterocycles. The monoisotopic (exact) mass is 426 g/mol. The van der Waals surface area contributed by atoms with E-state index in [0.29, 0.717) is 5.82 Å². The maximum absolute atomic E-state index is 4.32. The summed E-state index contributed by atoms with van der Waals surface area (Å²) >= 11 is 0. The quantitative estimate of drug-likeness (QED) is 0.448. The van der Waals surface area contributed by atoms with Crippen LogP contribution in [0.25, 0.3) is 22.5 Å². The van der Waals surface area contributed by atoms with Crippen LogP contribution in [0.5, 0.6) is 0 Å². The van der Waals surface area contributed by atoms with E-state index in [4.69, 9.17) is 0 Å². The average Bonchev–Trinajstić information content (AvgIpc) is 3.48. The van der Waals surface area contributed by atoms with Crippen molar-refractivity contribution < 1.29 is 0 Å². The molecule has 8 heteroatoms. The lowest BCUT2D eigenvalue weighted by molar-refractivity contribution is 0.691. The summed E-state index contributed by atoms with van der Waals surface area (Å²) in [6.45, 7) is 5.16. The number of aryl methyl sites for hydroxylation is 1. The average molecular weight is 427 g/mol. The van der Waals surface area contributed by atoms with Crippen molar-refractivity contribution in [3.8, 4) is 22.5 Å². The van der Waals surface area contributed by atoms with E-state index < -0.39 is 0 Å². The van der Waals surface area contributed by atoms with Gasteiger partial charge in [-0.25, -0.2) is 0 Å². The smallest absolute Gasteiger partial charge is 0.205 e. The van der Waals surface area contributed by atoms with Crippen LogP contribution in [0.15, 0.2) is 59.6 Å². The zero-order valence-electron chi connectivity index (χ0n) is 18.4. The number of rotatable bonds is 5. The van der Waals surface area contributed by atoms with E-state index >= 15 is 0 Å². The summed E-state index contributed by atoms with van der Waals surface area (Å²) in [5, 5.41) is 21.4. The Bertz CT molecular complexity index is 1250. The predicted octanol–water partition coefficient (Wildman–Crippen LogP) is 4.01. The second-order valence-corrected chi connectivity index (χ2v) is 7.92. The van der Waals surface area contributed by atoms with Crippen LogP contribution in [0.4, 0.5) is 5.82 Å². The number of tetrazole rings is 1. The summed E-state index contributed by atoms with van der Waals surface area (Å²) in [6.07, 6.45) is 0.968. The minimum Gasteiger partial charge on any atom is -0.349 e. The number of anilines is 1. The number of benzene rings is 2. The van der Waals surface area contributed by atoms with Gasteiger partial charge in [-0.3, -0.25) is 4.99 Å². The largest absolute Gasteiger partial charge is 0.349 e. The summed E-state index contributed by atoms with van der Waals surface area (Å²) in [5.74, 6) is 2.53. The molecule has 0 amide bonds. The van der Waals surface area contributed by atoms with E-state index in [-0.39, 0.29) is 6.04 Å². The number of guanidine groups is 1. The fourth-order valence-electron chi connectivity index (χ4n) is 4.30. The Morgan fingerprint density at radius 3 is 2.53 bits per heavy atom. The highest BCUT2D eigenvalue weighted by atomic mass is 15.5. The predicted molar refractivity (Wildman–Crippen MR) is 126 cm³/mol. The molecular weight excluding hydrogens is 400 g/mol. The van der Waals surface area contributed by atoms with Crippen LogP contribution >= 0.6 is 0 Å². The molecule has 0 aliphatic carbocycles. The van der Waals surface area contributed by atoms with Gasteiger partial charge >= 0.3 is 0 Å². The van der Waals surface area contributed by atoms with E-state index in [9.17, 15) is 0 Å². The number of nitrogens with one attached hydrogen (secondary N) is 3. The molecule has 0 saturated carbocycles. The minimum atomic E-state index is 0.223. The number of aliphatic imine (C=N–C) groups is 1. The molecule has 0 fully saturated rings. The summed E-state index contributed by atoms with van der Waals surface area (Å²) in [6, 6.07) is 19.3. The van der Waals surface area contributed by atoms with Gasteiger partial charge < -0.3 is 15.2 Å². The maximum Gasteiger partial charge on any atom is 0.205 e. The molecule has 8 nitrogen and oxygen atoms in total. The zero-order chi connectivity index (χ0) is 22.1. The molecule has 0 spiro atoms. The Morgan fingerprint density at radius 2 is 1.84 bits per heavy atom. The molecule has 162 valence electrons. The third-order valence-electron chi connectivity index (χ3n) is 5.97. The van der Waals surface area contributed by atoms with Crippen LogP contribution < -0.4 is 10.6 Å². The van der Waals surface area contributed by atoms with E-state index in [1.807, 2.05) is 18.2 Å². The maximum atomic E-state index is 4.32. The number of fused-ring (bicyclic) bond motifs is 1. The molecule has 1 unspecified atom stereocenters. The summed E-state index contributed by atoms with van der Waals surface area (Å²) in [5.41, 5.74) is 6.98. The van der Waals surface area contributed by atoms with Gasteiger partial charge in [0.25, 0.3) is 0 Å². The highest BCUT2D eigenvalue weighted by Crippen LogP contribution is 2.33. The number of aromatic amines is 1. The molecule has 3 heterocycles. The molecule has 0 radical (unpaired) electrons. The van der Waals surface area contributed by atoms with Crippen molar-refractivity contribution in [2.45, 2.75) is 32.9 Å². The standard InChI is InChI=1S/C24H26N8/c1-4-18-13-21-15(2)26-24(25-3)27-23(21)32(18)14-16-9-11-17(12-10-16)19-7-5-6-8-20(19)22-28-30-31-29-22/h5-13,15H,4,14H2,1-3H3,(H2,25,26,27)(H,28,29,30,31). The Kier molecular flexibility index (Phi) is 5.18. The number of aromatic nitrogens is 5. The van der Waals surface area contributed by atoms with Crippen molar-refractivity contribution in [1.29, 1.82) is 0 Å². The molecule has 1 aliphatic rings. The van der Waals surface area contributed by atoms with Gasteiger partial charge in [0, 0.05) is 30.4 Å². The van der Waals surface area contributed by atoms with Gasteiger partial charge in [0.05, 0.1) is 6.04 Å². The van der Waals surface area contributed by atoms with E-state index in [1.54, 1.807) is 7.05 Å². The molecule has 2 aromatic carbocycles. The first-order valence-electron chi connectivity index (χ1n) is 10.8. The van der Waals surface area contributed by atoms with Crippen LogP contribution in [-0.2, 0) is 13.0 Å². The van der Waals surface area contributed by atoms with Gasteiger partial charge in [-0.05, 0) is 41.3 Å². The van der Waals surface area contributed by atoms with Gasteiger partial charge in [0.1, 0.15) is 5.82 Å². The fraction of sp³-hybridized carbons (Fsp3) is 0.250. The van der Waals surface area contributed by atoms with Gasteiger partial charge in [0.2, 0.25) is 5.82 Å². The molecule has 1 atom stereocenters. The third-order valence-corrected chi connectivity index (χ3v) is 5.97. The number of hydrogen-bond acceptors (Lipinski definition) is 4. The number of hydrogen-bond donors (Lipinski definition) is 3.